The summed E-state index contributed by atoms with van der Waals surface area (Å²) in [7, 11) is 0. The van der Waals surface area contributed by atoms with Crippen LogP contribution in [0.15, 0.2) is 11.6 Å². The van der Waals surface area contributed by atoms with E-state index in [1.165, 1.54) is 11.8 Å². The van der Waals surface area contributed by atoms with Crippen LogP contribution in [-0.4, -0.2) is 11.4 Å². The Balaban J connectivity index is 3.70. The topological polar surface area (TPSA) is 17.1 Å². The summed E-state index contributed by atoms with van der Waals surface area (Å²) in [4.78, 5) is 10.5. The van der Waals surface area contributed by atoms with Crippen molar-refractivity contribution in [3.8, 4) is 0 Å². The first-order valence-corrected chi connectivity index (χ1v) is 3.62. The maximum Gasteiger partial charge on any atom is 0.211 e. The van der Waals surface area contributed by atoms with E-state index in [0.29, 0.717) is 0 Å². The van der Waals surface area contributed by atoms with Crippen LogP contribution in [0.4, 0.5) is 0 Å². The average molecular weight is 130 g/mol. The van der Waals surface area contributed by atoms with Crippen molar-refractivity contribution in [1.29, 1.82) is 0 Å². The molecule has 0 aromatic carbocycles. The van der Waals surface area contributed by atoms with Crippen LogP contribution >= 0.6 is 11.8 Å². The molecule has 0 heterocycles. The van der Waals surface area contributed by atoms with Gasteiger partial charge >= 0.3 is 0 Å². The second-order valence-electron chi connectivity index (χ2n) is 1.74. The average Bonchev–Trinajstić information content (AvgIpc) is 1.65. The van der Waals surface area contributed by atoms with E-state index in [9.17, 15) is 4.79 Å². The van der Waals surface area contributed by atoms with E-state index in [-0.39, 0.29) is 5.12 Å². The van der Waals surface area contributed by atoms with Crippen molar-refractivity contribution in [2.24, 2.45) is 0 Å². The SMILES string of the molecule is CSC(=O)C=C(C)C. The first kappa shape index (κ1) is 7.76. The Bertz CT molecular complexity index is 112. The molecule has 0 saturated heterocycles. The highest BCUT2D eigenvalue weighted by Gasteiger charge is 1.88. The van der Waals surface area contributed by atoms with Gasteiger partial charge in [0.15, 0.2) is 0 Å². The molecule has 0 aromatic rings. The van der Waals surface area contributed by atoms with Crippen LogP contribution in [0.5, 0.6) is 0 Å². The molecule has 1 nitrogen and oxygen atoms in total. The number of thioether (sulfide) groups is 1. The lowest BCUT2D eigenvalue weighted by Gasteiger charge is -1.85. The molecule has 0 aliphatic heterocycles. The zero-order valence-electron chi connectivity index (χ0n) is 5.39. The number of rotatable bonds is 1. The van der Waals surface area contributed by atoms with Crippen LogP contribution in [0.1, 0.15) is 13.8 Å². The second kappa shape index (κ2) is 3.72. The summed E-state index contributed by atoms with van der Waals surface area (Å²) in [5.74, 6) is 0. The van der Waals surface area contributed by atoms with Gasteiger partial charge in [-0.1, -0.05) is 17.3 Å². The predicted molar refractivity (Wildman–Crippen MR) is 38.0 cm³/mol. The highest BCUT2D eigenvalue weighted by atomic mass is 32.2. The molecule has 0 aliphatic carbocycles. The number of carbonyl (C=O) groups excluding carboxylic acids is 1. The molecule has 2 heteroatoms. The minimum atomic E-state index is 0.130. The second-order valence-corrected chi connectivity index (χ2v) is 2.56. The molecule has 46 valence electrons. The van der Waals surface area contributed by atoms with Gasteiger partial charge in [0.05, 0.1) is 0 Å². The molecule has 0 bridgehead atoms. The summed E-state index contributed by atoms with van der Waals surface area (Å²) in [6.45, 7) is 3.82. The van der Waals surface area contributed by atoms with Crippen molar-refractivity contribution in [2.75, 3.05) is 6.26 Å². The molecule has 8 heavy (non-hydrogen) atoms. The number of allylic oxidation sites excluding steroid dienone is 1. The fraction of sp³-hybridized carbons (Fsp3) is 0.500. The Morgan fingerprint density at radius 1 is 1.50 bits per heavy atom. The molecule has 0 saturated carbocycles. The van der Waals surface area contributed by atoms with E-state index in [1.807, 2.05) is 13.8 Å². The van der Waals surface area contributed by atoms with Crippen molar-refractivity contribution in [3.05, 3.63) is 11.6 Å². The third kappa shape index (κ3) is 3.93. The molecule has 0 aromatic heterocycles. The maximum absolute atomic E-state index is 10.5. The molecule has 0 fully saturated rings. The fourth-order valence-electron chi connectivity index (χ4n) is 0.295. The van der Waals surface area contributed by atoms with Gasteiger partial charge in [-0.3, -0.25) is 4.79 Å². The smallest absolute Gasteiger partial charge is 0.211 e. The number of hydrogen-bond acceptors (Lipinski definition) is 2. The van der Waals surface area contributed by atoms with Crippen LogP contribution in [0.2, 0.25) is 0 Å². The molecule has 0 spiro atoms. The Labute approximate surface area is 54.2 Å². The molecule has 0 amide bonds. The summed E-state index contributed by atoms with van der Waals surface area (Å²) in [6, 6.07) is 0. The molecular formula is C6H10OS. The van der Waals surface area contributed by atoms with Gasteiger partial charge in [-0.25, -0.2) is 0 Å². The zero-order valence-corrected chi connectivity index (χ0v) is 6.21. The summed E-state index contributed by atoms with van der Waals surface area (Å²) in [6.07, 6.45) is 3.41. The van der Waals surface area contributed by atoms with Crippen LogP contribution in [0.25, 0.3) is 0 Å². The number of carbonyl (C=O) groups is 1. The van der Waals surface area contributed by atoms with Crippen LogP contribution < -0.4 is 0 Å². The predicted octanol–water partition coefficient (Wildman–Crippen LogP) is 1.84. The standard InChI is InChI=1S/C6H10OS/c1-5(2)4-6(7)8-3/h4H,1-3H3. The van der Waals surface area contributed by atoms with Gasteiger partial charge in [0.1, 0.15) is 0 Å². The molecule has 0 aliphatic rings. The molecule has 0 radical (unpaired) electrons. The van der Waals surface area contributed by atoms with E-state index in [4.69, 9.17) is 0 Å². The van der Waals surface area contributed by atoms with Crippen molar-refractivity contribution in [3.63, 3.8) is 0 Å². The van der Waals surface area contributed by atoms with E-state index in [1.54, 1.807) is 12.3 Å². The van der Waals surface area contributed by atoms with Crippen molar-refractivity contribution >= 4 is 16.9 Å². The van der Waals surface area contributed by atoms with Gasteiger partial charge in [-0.15, -0.1) is 0 Å². The third-order valence-corrected chi connectivity index (χ3v) is 1.13. The normalized spacial score (nSPS) is 8.38. The van der Waals surface area contributed by atoms with E-state index < -0.39 is 0 Å². The van der Waals surface area contributed by atoms with Gasteiger partial charge in [0.2, 0.25) is 5.12 Å². The van der Waals surface area contributed by atoms with Crippen LogP contribution in [0, 0.1) is 0 Å². The van der Waals surface area contributed by atoms with Gasteiger partial charge in [-0.2, -0.15) is 0 Å². The van der Waals surface area contributed by atoms with Crippen molar-refractivity contribution in [1.82, 2.24) is 0 Å². The quantitative estimate of drug-likeness (QED) is 0.504. The lowest BCUT2D eigenvalue weighted by Crippen LogP contribution is -1.81. The minimum Gasteiger partial charge on any atom is -0.282 e. The Morgan fingerprint density at radius 3 is 2.12 bits per heavy atom. The van der Waals surface area contributed by atoms with Crippen molar-refractivity contribution < 1.29 is 4.79 Å². The van der Waals surface area contributed by atoms with Crippen LogP contribution in [-0.2, 0) is 4.79 Å². The molecule has 0 N–H and O–H groups in total. The lowest BCUT2D eigenvalue weighted by molar-refractivity contribution is -0.107. The monoisotopic (exact) mass is 130 g/mol. The highest BCUT2D eigenvalue weighted by Crippen LogP contribution is 1.98. The first-order valence-electron chi connectivity index (χ1n) is 2.39. The lowest BCUT2D eigenvalue weighted by atomic mass is 10.3. The van der Waals surface area contributed by atoms with Gasteiger partial charge in [0, 0.05) is 0 Å². The first-order chi connectivity index (χ1) is 3.66. The van der Waals surface area contributed by atoms with E-state index in [0.717, 1.165) is 5.57 Å². The summed E-state index contributed by atoms with van der Waals surface area (Å²) >= 11 is 1.24. The van der Waals surface area contributed by atoms with E-state index >= 15 is 0 Å². The Morgan fingerprint density at radius 2 is 2.00 bits per heavy atom. The van der Waals surface area contributed by atoms with Gasteiger partial charge < -0.3 is 0 Å². The Kier molecular flexibility index (Phi) is 3.61. The summed E-state index contributed by atoms with van der Waals surface area (Å²) < 4.78 is 0. The van der Waals surface area contributed by atoms with Gasteiger partial charge in [-0.05, 0) is 26.2 Å². The molecular weight excluding hydrogens is 120 g/mol. The van der Waals surface area contributed by atoms with Crippen LogP contribution in [0.3, 0.4) is 0 Å². The maximum atomic E-state index is 10.5. The number of hydrogen-bond donors (Lipinski definition) is 0. The third-order valence-electron chi connectivity index (χ3n) is 0.608. The summed E-state index contributed by atoms with van der Waals surface area (Å²) in [5, 5.41) is 0.130. The zero-order chi connectivity index (χ0) is 6.57. The molecule has 0 atom stereocenters. The van der Waals surface area contributed by atoms with E-state index in [2.05, 4.69) is 0 Å². The van der Waals surface area contributed by atoms with Crippen molar-refractivity contribution in [2.45, 2.75) is 13.8 Å². The molecule has 0 unspecified atom stereocenters. The Hall–Kier alpha value is -0.240. The highest BCUT2D eigenvalue weighted by molar-refractivity contribution is 8.13. The molecule has 0 rings (SSSR count). The van der Waals surface area contributed by atoms with Gasteiger partial charge in [0.25, 0.3) is 0 Å². The summed E-state index contributed by atoms with van der Waals surface area (Å²) in [5.41, 5.74) is 1.06. The minimum absolute atomic E-state index is 0.130. The fourth-order valence-corrected chi connectivity index (χ4v) is 0.648. The largest absolute Gasteiger partial charge is 0.282 e.